The Morgan fingerprint density at radius 2 is 2.40 bits per heavy atom. The zero-order chi connectivity index (χ0) is 7.56. The Morgan fingerprint density at radius 1 is 1.70 bits per heavy atom. The van der Waals surface area contributed by atoms with E-state index in [4.69, 9.17) is 0 Å². The standard InChI is InChI=1S/C6H6BrFN2/c1-9-6-2-5(8)4(7)3-10-6/h2-3H,1H3,(H,9,10). The van der Waals surface area contributed by atoms with Gasteiger partial charge in [-0.2, -0.15) is 0 Å². The van der Waals surface area contributed by atoms with Crippen molar-refractivity contribution in [2.45, 2.75) is 0 Å². The van der Waals surface area contributed by atoms with Gasteiger partial charge in [-0.25, -0.2) is 9.37 Å². The molecular weight excluding hydrogens is 199 g/mol. The van der Waals surface area contributed by atoms with Gasteiger partial charge in [0.05, 0.1) is 4.47 Å². The molecule has 1 rings (SSSR count). The van der Waals surface area contributed by atoms with Crippen molar-refractivity contribution in [2.75, 3.05) is 12.4 Å². The number of aromatic nitrogens is 1. The number of rotatable bonds is 1. The quantitative estimate of drug-likeness (QED) is 0.758. The zero-order valence-corrected chi connectivity index (χ0v) is 6.94. The molecule has 1 aromatic rings. The molecule has 0 fully saturated rings. The maximum Gasteiger partial charge on any atom is 0.142 e. The van der Waals surface area contributed by atoms with Crippen LogP contribution in [-0.4, -0.2) is 12.0 Å². The molecule has 0 amide bonds. The van der Waals surface area contributed by atoms with Gasteiger partial charge in [-0.05, 0) is 15.9 Å². The Balaban J connectivity index is 3.04. The van der Waals surface area contributed by atoms with Crippen LogP contribution in [0, 0.1) is 5.82 Å². The molecule has 0 aromatic carbocycles. The van der Waals surface area contributed by atoms with Crippen molar-refractivity contribution in [2.24, 2.45) is 0 Å². The molecule has 1 aromatic heterocycles. The lowest BCUT2D eigenvalue weighted by Crippen LogP contribution is -1.92. The van der Waals surface area contributed by atoms with Crippen LogP contribution in [-0.2, 0) is 0 Å². The molecular formula is C6H6BrFN2. The molecule has 0 radical (unpaired) electrons. The van der Waals surface area contributed by atoms with Crippen molar-refractivity contribution in [3.05, 3.63) is 22.6 Å². The van der Waals surface area contributed by atoms with E-state index in [1.807, 2.05) is 0 Å². The maximum atomic E-state index is 12.6. The molecule has 0 unspecified atom stereocenters. The Bertz CT molecular complexity index is 239. The minimum atomic E-state index is -0.306. The van der Waals surface area contributed by atoms with Crippen LogP contribution in [0.5, 0.6) is 0 Å². The van der Waals surface area contributed by atoms with E-state index in [2.05, 4.69) is 26.2 Å². The molecule has 0 aliphatic heterocycles. The van der Waals surface area contributed by atoms with Gasteiger partial charge in [-0.1, -0.05) is 0 Å². The first-order chi connectivity index (χ1) is 4.74. The molecule has 0 spiro atoms. The lowest BCUT2D eigenvalue weighted by atomic mass is 10.4. The van der Waals surface area contributed by atoms with E-state index >= 15 is 0 Å². The highest BCUT2D eigenvalue weighted by Crippen LogP contribution is 2.15. The number of nitrogens with zero attached hydrogens (tertiary/aromatic N) is 1. The van der Waals surface area contributed by atoms with E-state index < -0.39 is 0 Å². The SMILES string of the molecule is CNc1cc(F)c(Br)cn1. The highest BCUT2D eigenvalue weighted by molar-refractivity contribution is 9.10. The average molecular weight is 205 g/mol. The Labute approximate surface area is 66.6 Å². The van der Waals surface area contributed by atoms with Crippen molar-refractivity contribution < 1.29 is 4.39 Å². The van der Waals surface area contributed by atoms with Crippen molar-refractivity contribution in [3.8, 4) is 0 Å². The van der Waals surface area contributed by atoms with Crippen LogP contribution < -0.4 is 5.32 Å². The number of nitrogens with one attached hydrogen (secondary N) is 1. The second-order valence-electron chi connectivity index (χ2n) is 1.73. The summed E-state index contributed by atoms with van der Waals surface area (Å²) in [5.41, 5.74) is 0. The summed E-state index contributed by atoms with van der Waals surface area (Å²) in [6, 6.07) is 1.32. The maximum absolute atomic E-state index is 12.6. The summed E-state index contributed by atoms with van der Waals surface area (Å²) < 4.78 is 13.0. The molecule has 0 saturated heterocycles. The highest BCUT2D eigenvalue weighted by atomic mass is 79.9. The first-order valence-corrected chi connectivity index (χ1v) is 3.52. The van der Waals surface area contributed by atoms with Gasteiger partial charge in [-0.15, -0.1) is 0 Å². The number of hydrogen-bond donors (Lipinski definition) is 1. The molecule has 0 bridgehead atoms. The number of halogens is 2. The van der Waals surface area contributed by atoms with Crippen molar-refractivity contribution in [1.29, 1.82) is 0 Å². The summed E-state index contributed by atoms with van der Waals surface area (Å²) in [6.07, 6.45) is 1.42. The average Bonchev–Trinajstić information content (AvgIpc) is 1.95. The fourth-order valence-electron chi connectivity index (χ4n) is 0.551. The normalized spacial score (nSPS) is 9.50. The molecule has 1 N–H and O–H groups in total. The fourth-order valence-corrected chi connectivity index (χ4v) is 0.768. The topological polar surface area (TPSA) is 24.9 Å². The second-order valence-corrected chi connectivity index (χ2v) is 2.59. The summed E-state index contributed by atoms with van der Waals surface area (Å²) in [4.78, 5) is 3.86. The van der Waals surface area contributed by atoms with E-state index in [-0.39, 0.29) is 5.82 Å². The van der Waals surface area contributed by atoms with Crippen molar-refractivity contribution >= 4 is 21.7 Å². The minimum absolute atomic E-state index is 0.306. The third kappa shape index (κ3) is 1.44. The van der Waals surface area contributed by atoms with Crippen molar-refractivity contribution in [1.82, 2.24) is 4.98 Å². The van der Waals surface area contributed by atoms with Gasteiger partial charge in [-0.3, -0.25) is 0 Å². The summed E-state index contributed by atoms with van der Waals surface area (Å²) in [5, 5.41) is 2.72. The second kappa shape index (κ2) is 2.96. The Morgan fingerprint density at radius 3 is 2.90 bits per heavy atom. The number of hydrogen-bond acceptors (Lipinski definition) is 2. The predicted octanol–water partition coefficient (Wildman–Crippen LogP) is 2.02. The number of anilines is 1. The lowest BCUT2D eigenvalue weighted by Gasteiger charge is -1.98. The molecule has 0 saturated carbocycles. The van der Waals surface area contributed by atoms with Crippen LogP contribution in [0.1, 0.15) is 0 Å². The molecule has 0 atom stereocenters. The summed E-state index contributed by atoms with van der Waals surface area (Å²) in [7, 11) is 1.69. The molecule has 0 aliphatic rings. The zero-order valence-electron chi connectivity index (χ0n) is 5.36. The largest absolute Gasteiger partial charge is 0.373 e. The predicted molar refractivity (Wildman–Crippen MR) is 41.4 cm³/mol. The third-order valence-electron chi connectivity index (χ3n) is 1.06. The van der Waals surface area contributed by atoms with Gasteiger partial charge < -0.3 is 5.32 Å². The van der Waals surface area contributed by atoms with Crippen LogP contribution >= 0.6 is 15.9 Å². The summed E-state index contributed by atoms with van der Waals surface area (Å²) in [6.45, 7) is 0. The first-order valence-electron chi connectivity index (χ1n) is 2.73. The Hall–Kier alpha value is -0.640. The van der Waals surface area contributed by atoms with Crippen LogP contribution in [0.15, 0.2) is 16.7 Å². The van der Waals surface area contributed by atoms with Crippen LogP contribution in [0.3, 0.4) is 0 Å². The van der Waals surface area contributed by atoms with E-state index in [1.54, 1.807) is 7.05 Å². The van der Waals surface area contributed by atoms with E-state index in [9.17, 15) is 4.39 Å². The van der Waals surface area contributed by atoms with Crippen LogP contribution in [0.25, 0.3) is 0 Å². The number of pyridine rings is 1. The Kier molecular flexibility index (Phi) is 2.21. The summed E-state index contributed by atoms with van der Waals surface area (Å²) in [5.74, 6) is 0.222. The van der Waals surface area contributed by atoms with Gasteiger partial charge in [0.1, 0.15) is 11.6 Å². The molecule has 4 heteroatoms. The van der Waals surface area contributed by atoms with Gasteiger partial charge in [0.15, 0.2) is 0 Å². The monoisotopic (exact) mass is 204 g/mol. The minimum Gasteiger partial charge on any atom is -0.373 e. The third-order valence-corrected chi connectivity index (χ3v) is 1.65. The van der Waals surface area contributed by atoms with Gasteiger partial charge >= 0.3 is 0 Å². The van der Waals surface area contributed by atoms with E-state index in [0.717, 1.165) is 0 Å². The van der Waals surface area contributed by atoms with E-state index in [0.29, 0.717) is 10.3 Å². The van der Waals surface area contributed by atoms with Crippen LogP contribution in [0.4, 0.5) is 10.2 Å². The molecule has 2 nitrogen and oxygen atoms in total. The molecule has 1 heterocycles. The first kappa shape index (κ1) is 7.47. The van der Waals surface area contributed by atoms with Crippen LogP contribution in [0.2, 0.25) is 0 Å². The van der Waals surface area contributed by atoms with E-state index in [1.165, 1.54) is 12.3 Å². The summed E-state index contributed by atoms with van der Waals surface area (Å²) >= 11 is 2.99. The van der Waals surface area contributed by atoms with Gasteiger partial charge in [0.2, 0.25) is 0 Å². The van der Waals surface area contributed by atoms with Gasteiger partial charge in [0.25, 0.3) is 0 Å². The highest BCUT2D eigenvalue weighted by Gasteiger charge is 1.98. The lowest BCUT2D eigenvalue weighted by molar-refractivity contribution is 0.619. The molecule has 10 heavy (non-hydrogen) atoms. The molecule has 54 valence electrons. The smallest absolute Gasteiger partial charge is 0.142 e. The fraction of sp³-hybridized carbons (Fsp3) is 0.167. The molecule has 0 aliphatic carbocycles. The van der Waals surface area contributed by atoms with Crippen molar-refractivity contribution in [3.63, 3.8) is 0 Å². The van der Waals surface area contributed by atoms with Gasteiger partial charge in [0, 0.05) is 19.3 Å².